The lowest BCUT2D eigenvalue weighted by Crippen LogP contribution is -2.28. The second kappa shape index (κ2) is 7.97. The van der Waals surface area contributed by atoms with Gasteiger partial charge in [0.1, 0.15) is 5.75 Å². The van der Waals surface area contributed by atoms with Crippen LogP contribution in [0.5, 0.6) is 5.75 Å². The van der Waals surface area contributed by atoms with Gasteiger partial charge in [-0.25, -0.2) is 0 Å². The van der Waals surface area contributed by atoms with E-state index in [-0.39, 0.29) is 5.91 Å². The number of ether oxygens (including phenoxy) is 1. The molecule has 0 saturated carbocycles. The van der Waals surface area contributed by atoms with Crippen LogP contribution in [0.1, 0.15) is 41.6 Å². The summed E-state index contributed by atoms with van der Waals surface area (Å²) in [6.07, 6.45) is 2.45. The molecule has 0 bridgehead atoms. The molecule has 0 aliphatic carbocycles. The van der Waals surface area contributed by atoms with E-state index in [0.717, 1.165) is 24.5 Å². The van der Waals surface area contributed by atoms with Gasteiger partial charge in [-0.3, -0.25) is 4.79 Å². The molecule has 1 atom stereocenters. The average Bonchev–Trinajstić information content (AvgIpc) is 2.64. The minimum absolute atomic E-state index is 0.106. The average molecular weight is 324 g/mol. The minimum Gasteiger partial charge on any atom is -0.494 e. The maximum Gasteiger partial charge on any atom is 0.255 e. The van der Waals surface area contributed by atoms with Crippen molar-refractivity contribution >= 4 is 11.6 Å². The summed E-state index contributed by atoms with van der Waals surface area (Å²) in [4.78, 5) is 12.3. The molecule has 126 valence electrons. The van der Waals surface area contributed by atoms with Gasteiger partial charge in [0.25, 0.3) is 5.91 Å². The Morgan fingerprint density at radius 3 is 2.54 bits per heavy atom. The van der Waals surface area contributed by atoms with Gasteiger partial charge in [-0.1, -0.05) is 12.1 Å². The molecule has 0 aromatic heterocycles. The van der Waals surface area contributed by atoms with Gasteiger partial charge in [-0.15, -0.1) is 0 Å². The van der Waals surface area contributed by atoms with Gasteiger partial charge in [-0.2, -0.15) is 0 Å². The molecule has 1 aliphatic rings. The Morgan fingerprint density at radius 2 is 1.92 bits per heavy atom. The molecule has 2 N–H and O–H groups in total. The maximum absolute atomic E-state index is 12.3. The largest absolute Gasteiger partial charge is 0.494 e. The molecule has 2 aromatic carbocycles. The van der Waals surface area contributed by atoms with Crippen molar-refractivity contribution in [3.05, 3.63) is 59.7 Å². The molecule has 0 radical (unpaired) electrons. The maximum atomic E-state index is 12.3. The molecule has 1 aliphatic heterocycles. The van der Waals surface area contributed by atoms with Gasteiger partial charge in [-0.05, 0) is 74.2 Å². The van der Waals surface area contributed by atoms with Crippen LogP contribution in [-0.4, -0.2) is 25.6 Å². The second-order valence-electron chi connectivity index (χ2n) is 6.08. The van der Waals surface area contributed by atoms with Crippen LogP contribution in [0.2, 0.25) is 0 Å². The van der Waals surface area contributed by atoms with E-state index in [0.29, 0.717) is 18.1 Å². The lowest BCUT2D eigenvalue weighted by atomic mass is 9.91. The first-order chi connectivity index (χ1) is 11.8. The van der Waals surface area contributed by atoms with E-state index >= 15 is 0 Å². The molecule has 1 heterocycles. The summed E-state index contributed by atoms with van der Waals surface area (Å²) in [6.45, 7) is 4.71. The first-order valence-electron chi connectivity index (χ1n) is 8.61. The van der Waals surface area contributed by atoms with Crippen LogP contribution in [-0.2, 0) is 0 Å². The van der Waals surface area contributed by atoms with E-state index in [4.69, 9.17) is 4.74 Å². The van der Waals surface area contributed by atoms with Gasteiger partial charge in [0, 0.05) is 17.8 Å². The van der Waals surface area contributed by atoms with Crippen molar-refractivity contribution in [3.8, 4) is 5.75 Å². The van der Waals surface area contributed by atoms with Gasteiger partial charge >= 0.3 is 0 Å². The molecule has 4 nitrogen and oxygen atoms in total. The molecule has 1 saturated heterocycles. The fraction of sp³-hybridized carbons (Fsp3) is 0.350. The van der Waals surface area contributed by atoms with E-state index < -0.39 is 0 Å². The summed E-state index contributed by atoms with van der Waals surface area (Å²) in [7, 11) is 0. The molecular weight excluding hydrogens is 300 g/mol. The van der Waals surface area contributed by atoms with Crippen molar-refractivity contribution in [1.29, 1.82) is 0 Å². The van der Waals surface area contributed by atoms with Crippen LogP contribution in [0, 0.1) is 0 Å². The monoisotopic (exact) mass is 324 g/mol. The molecule has 2 aromatic rings. The van der Waals surface area contributed by atoms with E-state index in [9.17, 15) is 4.79 Å². The highest BCUT2D eigenvalue weighted by Crippen LogP contribution is 2.24. The first-order valence-corrected chi connectivity index (χ1v) is 8.61. The zero-order valence-corrected chi connectivity index (χ0v) is 14.0. The number of hydrogen-bond donors (Lipinski definition) is 2. The molecule has 0 unspecified atom stereocenters. The summed E-state index contributed by atoms with van der Waals surface area (Å²) in [5, 5.41) is 6.38. The second-order valence-corrected chi connectivity index (χ2v) is 6.08. The lowest BCUT2D eigenvalue weighted by molar-refractivity contribution is 0.102. The highest BCUT2D eigenvalue weighted by Gasteiger charge is 2.15. The SMILES string of the molecule is CCOc1ccc(C(=O)Nc2ccc([C@H]3CCCNC3)cc2)cc1. The number of carbonyl (C=O) groups excluding carboxylic acids is 1. The van der Waals surface area contributed by atoms with E-state index in [1.165, 1.54) is 18.4 Å². The Hall–Kier alpha value is -2.33. The number of nitrogens with one attached hydrogen (secondary N) is 2. The third-order valence-electron chi connectivity index (χ3n) is 4.36. The topological polar surface area (TPSA) is 50.4 Å². The van der Waals surface area contributed by atoms with Crippen molar-refractivity contribution in [3.63, 3.8) is 0 Å². The molecule has 1 fully saturated rings. The summed E-state index contributed by atoms with van der Waals surface area (Å²) < 4.78 is 5.39. The number of hydrogen-bond acceptors (Lipinski definition) is 3. The normalized spacial score (nSPS) is 17.3. The summed E-state index contributed by atoms with van der Waals surface area (Å²) in [5.41, 5.74) is 2.78. The van der Waals surface area contributed by atoms with Crippen LogP contribution < -0.4 is 15.4 Å². The number of anilines is 1. The van der Waals surface area contributed by atoms with Crippen molar-refractivity contribution in [2.24, 2.45) is 0 Å². The van der Waals surface area contributed by atoms with E-state index in [1.54, 1.807) is 12.1 Å². The standard InChI is InChI=1S/C20H24N2O2/c1-2-24-19-11-7-16(8-12-19)20(23)22-18-9-5-15(6-10-18)17-4-3-13-21-14-17/h5-12,17,21H,2-4,13-14H2,1H3,(H,22,23)/t17-/m0/s1. The summed E-state index contributed by atoms with van der Waals surface area (Å²) in [6, 6.07) is 15.4. The molecular formula is C20H24N2O2. The van der Waals surface area contributed by atoms with Gasteiger partial charge < -0.3 is 15.4 Å². The lowest BCUT2D eigenvalue weighted by Gasteiger charge is -2.23. The quantitative estimate of drug-likeness (QED) is 0.879. The van der Waals surface area contributed by atoms with Gasteiger partial charge in [0.05, 0.1) is 6.61 Å². The Bertz CT molecular complexity index is 659. The third-order valence-corrected chi connectivity index (χ3v) is 4.36. The molecule has 24 heavy (non-hydrogen) atoms. The summed E-state index contributed by atoms with van der Waals surface area (Å²) in [5.74, 6) is 1.25. The van der Waals surface area contributed by atoms with Gasteiger partial charge in [0.15, 0.2) is 0 Å². The minimum atomic E-state index is -0.106. The Morgan fingerprint density at radius 1 is 1.17 bits per heavy atom. The zero-order valence-electron chi connectivity index (χ0n) is 14.0. The Balaban J connectivity index is 1.61. The van der Waals surface area contributed by atoms with Crippen molar-refractivity contribution in [1.82, 2.24) is 5.32 Å². The molecule has 0 spiro atoms. The molecule has 1 amide bonds. The van der Waals surface area contributed by atoms with Crippen LogP contribution >= 0.6 is 0 Å². The molecule has 3 rings (SSSR count). The smallest absolute Gasteiger partial charge is 0.255 e. The Labute approximate surface area is 143 Å². The number of piperidine rings is 1. The number of carbonyl (C=O) groups is 1. The highest BCUT2D eigenvalue weighted by molar-refractivity contribution is 6.04. The van der Waals surface area contributed by atoms with Crippen molar-refractivity contribution in [2.45, 2.75) is 25.7 Å². The predicted molar refractivity (Wildman–Crippen MR) is 96.9 cm³/mol. The highest BCUT2D eigenvalue weighted by atomic mass is 16.5. The zero-order chi connectivity index (χ0) is 16.8. The van der Waals surface area contributed by atoms with Crippen LogP contribution in [0.3, 0.4) is 0 Å². The number of benzene rings is 2. The third kappa shape index (κ3) is 4.15. The summed E-state index contributed by atoms with van der Waals surface area (Å²) >= 11 is 0. The Kier molecular flexibility index (Phi) is 5.49. The van der Waals surface area contributed by atoms with Crippen LogP contribution in [0.4, 0.5) is 5.69 Å². The van der Waals surface area contributed by atoms with E-state index in [1.807, 2.05) is 31.2 Å². The first kappa shape index (κ1) is 16.5. The molecule has 4 heteroatoms. The van der Waals surface area contributed by atoms with Crippen molar-refractivity contribution in [2.75, 3.05) is 25.0 Å². The van der Waals surface area contributed by atoms with E-state index in [2.05, 4.69) is 22.8 Å². The number of rotatable bonds is 5. The van der Waals surface area contributed by atoms with Crippen LogP contribution in [0.25, 0.3) is 0 Å². The fourth-order valence-electron chi connectivity index (χ4n) is 3.05. The fourth-order valence-corrected chi connectivity index (χ4v) is 3.05. The number of amides is 1. The van der Waals surface area contributed by atoms with Crippen molar-refractivity contribution < 1.29 is 9.53 Å². The van der Waals surface area contributed by atoms with Gasteiger partial charge in [0.2, 0.25) is 0 Å². The van der Waals surface area contributed by atoms with Crippen LogP contribution in [0.15, 0.2) is 48.5 Å². The predicted octanol–water partition coefficient (Wildman–Crippen LogP) is 3.80.